The van der Waals surface area contributed by atoms with Gasteiger partial charge >= 0.3 is 0 Å². The van der Waals surface area contributed by atoms with E-state index in [0.29, 0.717) is 22.6 Å². The summed E-state index contributed by atoms with van der Waals surface area (Å²) in [5.74, 6) is -1.30. The second kappa shape index (κ2) is 9.70. The van der Waals surface area contributed by atoms with Crippen LogP contribution in [-0.2, 0) is 9.59 Å². The highest BCUT2D eigenvalue weighted by Crippen LogP contribution is 2.14. The number of carbonyl (C=O) groups is 3. The molecular weight excluding hydrogens is 372 g/mol. The summed E-state index contributed by atoms with van der Waals surface area (Å²) < 4.78 is 0. The lowest BCUT2D eigenvalue weighted by atomic mass is 10.1. The van der Waals surface area contributed by atoms with Gasteiger partial charge in [-0.3, -0.25) is 29.3 Å². The quantitative estimate of drug-likeness (QED) is 0.553. The highest BCUT2D eigenvalue weighted by atomic mass is 16.2. The van der Waals surface area contributed by atoms with Crippen molar-refractivity contribution in [3.05, 3.63) is 72.8 Å². The molecule has 0 aliphatic carbocycles. The molecule has 146 valence electrons. The normalized spacial score (nSPS) is 10.1. The zero-order valence-corrected chi connectivity index (χ0v) is 15.3. The van der Waals surface area contributed by atoms with Gasteiger partial charge < -0.3 is 16.0 Å². The minimum Gasteiger partial charge on any atom is -0.345 e. The summed E-state index contributed by atoms with van der Waals surface area (Å²) in [6.45, 7) is -0.473. The second-order valence-corrected chi connectivity index (χ2v) is 5.89. The van der Waals surface area contributed by atoms with Gasteiger partial charge in [0.05, 0.1) is 24.5 Å². The van der Waals surface area contributed by atoms with E-state index < -0.39 is 11.8 Å². The Bertz CT molecular complexity index is 995. The van der Waals surface area contributed by atoms with Gasteiger partial charge in [0.25, 0.3) is 5.91 Å². The number of nitrogens with one attached hydrogen (secondary N) is 3. The van der Waals surface area contributed by atoms with Crippen LogP contribution >= 0.6 is 0 Å². The van der Waals surface area contributed by atoms with E-state index in [1.54, 1.807) is 55.0 Å². The number of hydrogen-bond acceptors (Lipinski definition) is 6. The van der Waals surface area contributed by atoms with Crippen molar-refractivity contribution in [1.82, 2.24) is 25.6 Å². The van der Waals surface area contributed by atoms with Crippen molar-refractivity contribution in [1.29, 1.82) is 0 Å². The SMILES string of the molecule is O=C(CNC(=O)c1ccnc(-c2ccccn2)c1)NCC(=O)Nc1ccncc1. The molecule has 0 aromatic carbocycles. The zero-order valence-electron chi connectivity index (χ0n) is 15.3. The van der Waals surface area contributed by atoms with E-state index in [1.165, 1.54) is 6.20 Å². The maximum absolute atomic E-state index is 12.3. The van der Waals surface area contributed by atoms with Gasteiger partial charge in [-0.15, -0.1) is 0 Å². The number of aromatic nitrogens is 3. The van der Waals surface area contributed by atoms with Crippen LogP contribution in [0.2, 0.25) is 0 Å². The molecule has 0 aliphatic heterocycles. The van der Waals surface area contributed by atoms with Gasteiger partial charge in [0.1, 0.15) is 0 Å². The first-order valence-electron chi connectivity index (χ1n) is 8.74. The Hall–Kier alpha value is -4.14. The first kappa shape index (κ1) is 19.6. The smallest absolute Gasteiger partial charge is 0.251 e. The summed E-state index contributed by atoms with van der Waals surface area (Å²) in [5, 5.41) is 7.57. The van der Waals surface area contributed by atoms with E-state index in [0.717, 1.165) is 0 Å². The number of nitrogens with zero attached hydrogens (tertiary/aromatic N) is 3. The summed E-state index contributed by atoms with van der Waals surface area (Å²) in [4.78, 5) is 48.2. The average molecular weight is 390 g/mol. The molecule has 3 heterocycles. The van der Waals surface area contributed by atoms with Gasteiger partial charge in [-0.2, -0.15) is 0 Å². The largest absolute Gasteiger partial charge is 0.345 e. The van der Waals surface area contributed by atoms with E-state index in [9.17, 15) is 14.4 Å². The monoisotopic (exact) mass is 390 g/mol. The van der Waals surface area contributed by atoms with Gasteiger partial charge in [0.2, 0.25) is 11.8 Å². The Kier molecular flexibility index (Phi) is 6.56. The van der Waals surface area contributed by atoms with Gasteiger partial charge in [0.15, 0.2) is 0 Å². The van der Waals surface area contributed by atoms with Crippen LogP contribution in [0.3, 0.4) is 0 Å². The van der Waals surface area contributed by atoms with Gasteiger partial charge in [0, 0.05) is 36.0 Å². The Morgan fingerprint density at radius 3 is 2.28 bits per heavy atom. The molecule has 0 saturated carbocycles. The topological polar surface area (TPSA) is 126 Å². The number of amides is 3. The van der Waals surface area contributed by atoms with Crippen LogP contribution < -0.4 is 16.0 Å². The highest BCUT2D eigenvalue weighted by Gasteiger charge is 2.11. The molecule has 3 amide bonds. The Morgan fingerprint density at radius 2 is 1.52 bits per heavy atom. The van der Waals surface area contributed by atoms with Crippen LogP contribution in [0, 0.1) is 0 Å². The molecule has 9 nitrogen and oxygen atoms in total. The summed E-state index contributed by atoms with van der Waals surface area (Å²) in [6.07, 6.45) is 6.23. The van der Waals surface area contributed by atoms with E-state index in [1.807, 2.05) is 6.07 Å². The predicted molar refractivity (Wildman–Crippen MR) is 106 cm³/mol. The number of carbonyl (C=O) groups excluding carboxylic acids is 3. The molecule has 3 N–H and O–H groups in total. The third-order valence-electron chi connectivity index (χ3n) is 3.77. The van der Waals surface area contributed by atoms with Crippen LogP contribution in [0.4, 0.5) is 5.69 Å². The van der Waals surface area contributed by atoms with Gasteiger partial charge in [-0.05, 0) is 36.4 Å². The van der Waals surface area contributed by atoms with E-state index in [4.69, 9.17) is 0 Å². The molecule has 3 aromatic rings. The van der Waals surface area contributed by atoms with Crippen molar-refractivity contribution in [2.24, 2.45) is 0 Å². The number of rotatable bonds is 7. The first-order chi connectivity index (χ1) is 14.1. The fraction of sp³-hybridized carbons (Fsp3) is 0.100. The Labute approximate surface area is 166 Å². The molecule has 0 unspecified atom stereocenters. The molecule has 9 heteroatoms. The van der Waals surface area contributed by atoms with Crippen LogP contribution in [0.25, 0.3) is 11.4 Å². The standard InChI is InChI=1S/C20H18N6O3/c27-18(24-13-19(28)26-15-5-8-21-9-6-15)12-25-20(29)14-4-10-23-17(11-14)16-3-1-2-7-22-16/h1-11H,12-13H2,(H,24,27)(H,25,29)(H,21,26,28). The van der Waals surface area contributed by atoms with Crippen LogP contribution in [0.5, 0.6) is 0 Å². The molecule has 0 radical (unpaired) electrons. The number of hydrogen-bond donors (Lipinski definition) is 3. The molecule has 0 bridgehead atoms. The lowest BCUT2D eigenvalue weighted by Crippen LogP contribution is -2.40. The first-order valence-corrected chi connectivity index (χ1v) is 8.74. The van der Waals surface area contributed by atoms with E-state index in [-0.39, 0.29) is 19.0 Å². The minimum atomic E-state index is -0.484. The molecule has 0 aliphatic rings. The molecular formula is C20H18N6O3. The predicted octanol–water partition coefficient (Wildman–Crippen LogP) is 1.02. The van der Waals surface area contributed by atoms with Crippen LogP contribution in [0.1, 0.15) is 10.4 Å². The van der Waals surface area contributed by atoms with Crippen LogP contribution in [0.15, 0.2) is 67.3 Å². The van der Waals surface area contributed by atoms with E-state index in [2.05, 4.69) is 30.9 Å². The maximum atomic E-state index is 12.3. The van der Waals surface area contributed by atoms with Crippen molar-refractivity contribution < 1.29 is 14.4 Å². The molecule has 0 spiro atoms. The summed E-state index contributed by atoms with van der Waals surface area (Å²) in [5.41, 5.74) is 2.12. The summed E-state index contributed by atoms with van der Waals surface area (Å²) >= 11 is 0. The fourth-order valence-corrected chi connectivity index (χ4v) is 2.37. The van der Waals surface area contributed by atoms with Crippen molar-refractivity contribution in [3.63, 3.8) is 0 Å². The molecule has 3 aromatic heterocycles. The van der Waals surface area contributed by atoms with Crippen molar-refractivity contribution in [2.45, 2.75) is 0 Å². The van der Waals surface area contributed by atoms with Gasteiger partial charge in [-0.25, -0.2) is 0 Å². The van der Waals surface area contributed by atoms with Crippen molar-refractivity contribution in [3.8, 4) is 11.4 Å². The average Bonchev–Trinajstić information content (AvgIpc) is 2.77. The van der Waals surface area contributed by atoms with Crippen molar-refractivity contribution >= 4 is 23.4 Å². The van der Waals surface area contributed by atoms with Crippen molar-refractivity contribution in [2.75, 3.05) is 18.4 Å². The number of anilines is 1. The lowest BCUT2D eigenvalue weighted by molar-refractivity contribution is -0.123. The molecule has 0 saturated heterocycles. The summed E-state index contributed by atoms with van der Waals surface area (Å²) in [6, 6.07) is 11.8. The Morgan fingerprint density at radius 1 is 0.759 bits per heavy atom. The van der Waals surface area contributed by atoms with Crippen LogP contribution in [-0.4, -0.2) is 45.8 Å². The third kappa shape index (κ3) is 5.93. The summed E-state index contributed by atoms with van der Waals surface area (Å²) in [7, 11) is 0. The Balaban J connectivity index is 1.46. The lowest BCUT2D eigenvalue weighted by Gasteiger charge is -2.08. The van der Waals surface area contributed by atoms with Gasteiger partial charge in [-0.1, -0.05) is 6.07 Å². The molecule has 0 fully saturated rings. The maximum Gasteiger partial charge on any atom is 0.251 e. The molecule has 29 heavy (non-hydrogen) atoms. The zero-order chi connectivity index (χ0) is 20.5. The number of pyridine rings is 3. The molecule has 3 rings (SSSR count). The minimum absolute atomic E-state index is 0.212. The molecule has 0 atom stereocenters. The van der Waals surface area contributed by atoms with E-state index >= 15 is 0 Å². The highest BCUT2D eigenvalue weighted by molar-refractivity contribution is 5.98. The third-order valence-corrected chi connectivity index (χ3v) is 3.77. The second-order valence-electron chi connectivity index (χ2n) is 5.89. The fourth-order valence-electron chi connectivity index (χ4n) is 2.37.